The number of fused-ring (bicyclic) bond motifs is 1. The number of rotatable bonds is 3. The van der Waals surface area contributed by atoms with E-state index in [2.05, 4.69) is 15.9 Å². The summed E-state index contributed by atoms with van der Waals surface area (Å²) in [5.74, 6) is -0.688. The zero-order valence-electron chi connectivity index (χ0n) is 9.48. The van der Waals surface area contributed by atoms with Gasteiger partial charge in [0.25, 0.3) is 11.8 Å². The Balaban J connectivity index is 1.89. The molecule has 1 aromatic carbocycles. The van der Waals surface area contributed by atoms with Crippen molar-refractivity contribution in [3.8, 4) is 0 Å². The van der Waals surface area contributed by atoms with E-state index < -0.39 is 0 Å². The van der Waals surface area contributed by atoms with Crippen LogP contribution in [0.15, 0.2) is 22.7 Å². The maximum absolute atomic E-state index is 12.1. The van der Waals surface area contributed by atoms with Crippen LogP contribution >= 0.6 is 15.9 Å². The third-order valence-corrected chi connectivity index (χ3v) is 3.77. The van der Waals surface area contributed by atoms with Crippen LogP contribution in [0.2, 0.25) is 0 Å². The lowest BCUT2D eigenvalue weighted by Crippen LogP contribution is -2.35. The number of imide groups is 1. The fraction of sp³-hybridized carbons (Fsp3) is 0.308. The number of amides is 2. The quantitative estimate of drug-likeness (QED) is 0.803. The van der Waals surface area contributed by atoms with Gasteiger partial charge >= 0.3 is 0 Å². The molecule has 1 heterocycles. The first-order valence-electron chi connectivity index (χ1n) is 5.76. The summed E-state index contributed by atoms with van der Waals surface area (Å²) in [5, 5.41) is 0. The largest absolute Gasteiger partial charge is 0.297 e. The van der Waals surface area contributed by atoms with Crippen molar-refractivity contribution in [2.24, 2.45) is 5.92 Å². The second kappa shape index (κ2) is 4.02. The molecule has 1 fully saturated rings. The van der Waals surface area contributed by atoms with E-state index in [9.17, 15) is 14.4 Å². The lowest BCUT2D eigenvalue weighted by Gasteiger charge is -2.12. The Morgan fingerprint density at radius 2 is 1.89 bits per heavy atom. The zero-order chi connectivity index (χ0) is 12.9. The number of ketones is 1. The van der Waals surface area contributed by atoms with Gasteiger partial charge in [-0.3, -0.25) is 19.3 Å². The second-order valence-corrected chi connectivity index (χ2v) is 5.54. The van der Waals surface area contributed by atoms with Gasteiger partial charge in [0, 0.05) is 10.4 Å². The highest BCUT2D eigenvalue weighted by Gasteiger charge is 2.39. The number of Topliss-reactive ketones (excluding diaryl/α,β-unsaturated/α-hetero) is 1. The minimum atomic E-state index is -0.370. The number of benzene rings is 1. The van der Waals surface area contributed by atoms with Gasteiger partial charge in [0.2, 0.25) is 0 Å². The third kappa shape index (κ3) is 1.79. The van der Waals surface area contributed by atoms with Crippen molar-refractivity contribution in [3.05, 3.63) is 33.8 Å². The summed E-state index contributed by atoms with van der Waals surface area (Å²) in [5.41, 5.74) is 0.754. The average molecular weight is 308 g/mol. The van der Waals surface area contributed by atoms with E-state index in [-0.39, 0.29) is 30.1 Å². The fourth-order valence-electron chi connectivity index (χ4n) is 2.10. The maximum Gasteiger partial charge on any atom is 0.262 e. The first-order valence-corrected chi connectivity index (χ1v) is 6.55. The number of hydrogen-bond donors (Lipinski definition) is 0. The molecule has 0 bridgehead atoms. The number of halogens is 1. The Morgan fingerprint density at radius 1 is 1.22 bits per heavy atom. The van der Waals surface area contributed by atoms with Gasteiger partial charge in [-0.1, -0.05) is 15.9 Å². The Hall–Kier alpha value is -1.49. The predicted octanol–water partition coefficient (Wildman–Crippen LogP) is 2.02. The molecule has 1 aliphatic carbocycles. The van der Waals surface area contributed by atoms with Crippen LogP contribution in [0.25, 0.3) is 0 Å². The summed E-state index contributed by atoms with van der Waals surface area (Å²) >= 11 is 3.27. The van der Waals surface area contributed by atoms with Crippen LogP contribution in [0.4, 0.5) is 0 Å². The lowest BCUT2D eigenvalue weighted by molar-refractivity contribution is -0.120. The molecule has 18 heavy (non-hydrogen) atoms. The summed E-state index contributed by atoms with van der Waals surface area (Å²) in [4.78, 5) is 36.9. The standard InChI is InChI=1S/C13H10BrNO3/c14-8-3-4-9-10(5-8)13(18)15(12(9)17)6-11(16)7-1-2-7/h3-5,7H,1-2,6H2. The van der Waals surface area contributed by atoms with Crippen molar-refractivity contribution in [1.29, 1.82) is 0 Å². The van der Waals surface area contributed by atoms with Gasteiger partial charge in [-0.25, -0.2) is 0 Å². The highest BCUT2D eigenvalue weighted by Crippen LogP contribution is 2.31. The molecule has 3 rings (SSSR count). The monoisotopic (exact) mass is 307 g/mol. The second-order valence-electron chi connectivity index (χ2n) is 4.63. The third-order valence-electron chi connectivity index (χ3n) is 3.28. The van der Waals surface area contributed by atoms with E-state index in [1.54, 1.807) is 18.2 Å². The Bertz CT molecular complexity index is 578. The number of carbonyl (C=O) groups is 3. The highest BCUT2D eigenvalue weighted by molar-refractivity contribution is 9.10. The molecule has 1 aromatic rings. The first-order chi connectivity index (χ1) is 8.58. The molecule has 0 aromatic heterocycles. The maximum atomic E-state index is 12.1. The minimum Gasteiger partial charge on any atom is -0.297 e. The molecule has 1 saturated carbocycles. The summed E-state index contributed by atoms with van der Waals surface area (Å²) in [7, 11) is 0. The normalized spacial score (nSPS) is 18.2. The summed E-state index contributed by atoms with van der Waals surface area (Å²) in [6, 6.07) is 4.95. The predicted molar refractivity (Wildman–Crippen MR) is 67.2 cm³/mol. The van der Waals surface area contributed by atoms with Crippen molar-refractivity contribution < 1.29 is 14.4 Å². The van der Waals surface area contributed by atoms with Gasteiger partial charge < -0.3 is 0 Å². The van der Waals surface area contributed by atoms with Gasteiger partial charge in [-0.05, 0) is 31.0 Å². The van der Waals surface area contributed by atoms with E-state index in [4.69, 9.17) is 0 Å². The van der Waals surface area contributed by atoms with Crippen molar-refractivity contribution in [3.63, 3.8) is 0 Å². The molecule has 2 aliphatic rings. The van der Waals surface area contributed by atoms with Crippen LogP contribution in [-0.4, -0.2) is 29.0 Å². The molecule has 4 nitrogen and oxygen atoms in total. The summed E-state index contributed by atoms with van der Waals surface area (Å²) < 4.78 is 0.748. The van der Waals surface area contributed by atoms with Gasteiger partial charge in [0.1, 0.15) is 0 Å². The van der Waals surface area contributed by atoms with Crippen molar-refractivity contribution in [2.75, 3.05) is 6.54 Å². The molecule has 0 saturated heterocycles. The number of carbonyl (C=O) groups excluding carboxylic acids is 3. The lowest BCUT2D eigenvalue weighted by atomic mass is 10.1. The SMILES string of the molecule is O=C(CN1C(=O)c2ccc(Br)cc2C1=O)C1CC1. The van der Waals surface area contributed by atoms with E-state index in [1.165, 1.54) is 0 Å². The smallest absolute Gasteiger partial charge is 0.262 e. The van der Waals surface area contributed by atoms with Gasteiger partial charge in [-0.2, -0.15) is 0 Å². The van der Waals surface area contributed by atoms with Crippen molar-refractivity contribution >= 4 is 33.5 Å². The Morgan fingerprint density at radius 3 is 2.56 bits per heavy atom. The zero-order valence-corrected chi connectivity index (χ0v) is 11.1. The molecule has 92 valence electrons. The minimum absolute atomic E-state index is 0.0106. The van der Waals surface area contributed by atoms with E-state index in [0.29, 0.717) is 11.1 Å². The van der Waals surface area contributed by atoms with Crippen LogP contribution in [0.5, 0.6) is 0 Å². The van der Waals surface area contributed by atoms with Crippen LogP contribution in [-0.2, 0) is 4.79 Å². The molecule has 2 amide bonds. The molecule has 5 heteroatoms. The van der Waals surface area contributed by atoms with Crippen LogP contribution in [0.1, 0.15) is 33.6 Å². The van der Waals surface area contributed by atoms with Crippen LogP contribution in [0.3, 0.4) is 0 Å². The van der Waals surface area contributed by atoms with Gasteiger partial charge in [0.15, 0.2) is 5.78 Å². The van der Waals surface area contributed by atoms with E-state index >= 15 is 0 Å². The molecule has 0 N–H and O–H groups in total. The Kier molecular flexibility index (Phi) is 2.59. The van der Waals surface area contributed by atoms with E-state index in [0.717, 1.165) is 22.2 Å². The van der Waals surface area contributed by atoms with E-state index in [1.807, 2.05) is 0 Å². The summed E-state index contributed by atoms with van der Waals surface area (Å²) in [6.45, 7) is -0.0887. The summed E-state index contributed by atoms with van der Waals surface area (Å²) in [6.07, 6.45) is 1.76. The molecule has 0 spiro atoms. The van der Waals surface area contributed by atoms with Crippen molar-refractivity contribution in [2.45, 2.75) is 12.8 Å². The molecular weight excluding hydrogens is 298 g/mol. The first kappa shape index (κ1) is 11.6. The fourth-order valence-corrected chi connectivity index (χ4v) is 2.46. The van der Waals surface area contributed by atoms with Crippen molar-refractivity contribution in [1.82, 2.24) is 4.90 Å². The number of nitrogens with zero attached hydrogens (tertiary/aromatic N) is 1. The van der Waals surface area contributed by atoms with Crippen LogP contribution in [0, 0.1) is 5.92 Å². The topological polar surface area (TPSA) is 54.5 Å². The molecular formula is C13H10BrNO3. The van der Waals surface area contributed by atoms with Gasteiger partial charge in [-0.15, -0.1) is 0 Å². The average Bonchev–Trinajstić information content (AvgIpc) is 3.15. The molecule has 0 atom stereocenters. The molecule has 1 aliphatic heterocycles. The molecule has 0 unspecified atom stereocenters. The number of hydrogen-bond acceptors (Lipinski definition) is 3. The van der Waals surface area contributed by atoms with Gasteiger partial charge in [0.05, 0.1) is 17.7 Å². The highest BCUT2D eigenvalue weighted by atomic mass is 79.9. The molecule has 0 radical (unpaired) electrons. The van der Waals surface area contributed by atoms with Crippen LogP contribution < -0.4 is 0 Å². The Labute approximate surface area is 112 Å².